The molecule has 0 radical (unpaired) electrons. The van der Waals surface area contributed by atoms with Crippen molar-refractivity contribution < 1.29 is 63.2 Å². The van der Waals surface area contributed by atoms with Gasteiger partial charge in [-0.3, -0.25) is 23.4 Å². The van der Waals surface area contributed by atoms with Crippen LogP contribution in [0.2, 0.25) is 0 Å². The van der Waals surface area contributed by atoms with Gasteiger partial charge in [-0.2, -0.15) is 28.0 Å². The molecule has 12 N–H and O–H groups in total. The highest BCUT2D eigenvalue weighted by Crippen LogP contribution is 1.61. The zero-order valence-corrected chi connectivity index (χ0v) is 8.42. The van der Waals surface area contributed by atoms with Crippen molar-refractivity contribution in [2.75, 3.05) is 0 Å². The van der Waals surface area contributed by atoms with E-state index in [4.69, 9.17) is 37.3 Å². The first-order valence-electron chi connectivity index (χ1n) is 1.93. The fraction of sp³-hybridized carbons (Fsp3) is 0. The molecule has 13 nitrogen and oxygen atoms in total. The Morgan fingerprint density at radius 3 is 0.600 bits per heavy atom. The molecule has 15 heteroatoms. The van der Waals surface area contributed by atoms with Gasteiger partial charge in [0.1, 0.15) is 0 Å². The van der Waals surface area contributed by atoms with E-state index >= 15 is 0 Å². The van der Waals surface area contributed by atoms with Crippen LogP contribution in [-0.2, 0) is 0 Å². The highest BCUT2D eigenvalue weighted by Gasteiger charge is 1.99. The van der Waals surface area contributed by atoms with Crippen LogP contribution in [0.5, 0.6) is 0 Å². The van der Waals surface area contributed by atoms with Crippen LogP contribution in [-0.4, -0.2) is 14.8 Å². The number of hydrazine groups is 2. The van der Waals surface area contributed by atoms with E-state index < -0.39 is 20.5 Å². The topological polar surface area (TPSA) is 314 Å². The number of nitrogens with two attached hydrogens (primary N) is 4. The van der Waals surface area contributed by atoms with Crippen molar-refractivity contribution >= 4 is 0 Å². The van der Waals surface area contributed by atoms with E-state index in [-0.39, 0.29) is 5.48 Å². The Morgan fingerprint density at radius 1 is 0.600 bits per heavy atom. The minimum absolute atomic E-state index is 0. The van der Waals surface area contributed by atoms with Crippen molar-refractivity contribution in [2.24, 2.45) is 23.4 Å². The number of hydrogen-bond acceptors (Lipinski definition) is 12. The Hall–Kier alpha value is 0.0600. The van der Waals surface area contributed by atoms with Gasteiger partial charge in [0.05, 0.1) is 29.8 Å². The van der Waals surface area contributed by atoms with E-state index in [0.29, 0.717) is 0 Å². The molecule has 0 saturated carbocycles. The van der Waals surface area contributed by atoms with Gasteiger partial charge in [0.2, 0.25) is 0 Å². The van der Waals surface area contributed by atoms with Crippen LogP contribution < -0.4 is 51.3 Å². The van der Waals surface area contributed by atoms with Gasteiger partial charge in [-0.1, -0.05) is 0 Å². The molecule has 0 aliphatic rings. The summed E-state index contributed by atoms with van der Waals surface area (Å²) in [6.07, 6.45) is 0. The molecule has 0 heterocycles. The number of halogens is 2. The fourth-order valence-corrected chi connectivity index (χ4v) is 0. The van der Waals surface area contributed by atoms with Crippen molar-refractivity contribution in [3.05, 3.63) is 0 Å². The molecular weight excluding hydrogens is 271 g/mol. The minimum Gasteiger partial charge on any atom is -0.412 e. The molecule has 0 unspecified atom stereocenters. The van der Waals surface area contributed by atoms with Crippen LogP contribution in [0.25, 0.3) is 0 Å². The van der Waals surface area contributed by atoms with E-state index in [1.54, 1.807) is 0 Å². The Labute approximate surface area is 87.4 Å². The summed E-state index contributed by atoms with van der Waals surface area (Å²) in [6, 6.07) is 0. The van der Waals surface area contributed by atoms with Gasteiger partial charge in [-0.05, 0) is 0 Å². The van der Waals surface area contributed by atoms with Crippen LogP contribution in [0.15, 0.2) is 0 Å². The predicted octanol–water partition coefficient (Wildman–Crippen LogP) is -11.4. The predicted molar refractivity (Wildman–Crippen MR) is 24.8 cm³/mol. The largest absolute Gasteiger partial charge is 0.412 e. The maximum Gasteiger partial charge on any atom is 0.0777 e. The van der Waals surface area contributed by atoms with Crippen molar-refractivity contribution in [1.29, 1.82) is 0 Å². The molecule has 0 aromatic heterocycles. The second-order valence-corrected chi connectivity index (χ2v) is 2.38. The average molecular weight is 283 g/mol. The van der Waals surface area contributed by atoms with E-state index in [1.807, 2.05) is 0 Å². The summed E-state index contributed by atoms with van der Waals surface area (Å²) < 4.78 is 65.4. The molecule has 0 aliphatic carbocycles. The second-order valence-electron chi connectivity index (χ2n) is 0.792. The first-order chi connectivity index (χ1) is 6.00. The first-order valence-corrected chi connectivity index (χ1v) is 4.46. The zero-order valence-electron chi connectivity index (χ0n) is 6.91. The highest BCUT2D eigenvalue weighted by atomic mass is 35.7. The molecule has 0 amide bonds. The van der Waals surface area contributed by atoms with Gasteiger partial charge in [0, 0.05) is 0 Å². The van der Waals surface area contributed by atoms with E-state index in [0.717, 1.165) is 0 Å². The fourth-order valence-electron chi connectivity index (χ4n) is 0. The van der Waals surface area contributed by atoms with Crippen molar-refractivity contribution in [1.82, 2.24) is 0 Å². The molecule has 15 heavy (non-hydrogen) atoms. The molecule has 100 valence electrons. The molecule has 0 spiro atoms. The van der Waals surface area contributed by atoms with Crippen LogP contribution >= 0.6 is 0 Å². The summed E-state index contributed by atoms with van der Waals surface area (Å²) in [5.41, 5.74) is 0. The van der Waals surface area contributed by atoms with Gasteiger partial charge >= 0.3 is 0 Å². The SMILES string of the molecule is NN.NN.O.[O-][Cl+3]([O-])([O-])O.[O-][Cl+3]([O-])([O-])O. The molecule has 0 saturated heterocycles. The van der Waals surface area contributed by atoms with E-state index in [1.165, 1.54) is 0 Å². The summed E-state index contributed by atoms with van der Waals surface area (Å²) in [5, 5.41) is 0. The normalized spacial score (nSPS) is 8.80. The number of hydrogen-bond donors (Lipinski definition) is 6. The standard InChI is InChI=1S/2ClHO4.2H4N2.H2O/c2*2-1(3,4)5;2*1-2;/h2*(H,2,3,4,5);2*1-2H2;1H2. The lowest BCUT2D eigenvalue weighted by atomic mass is 13.0. The van der Waals surface area contributed by atoms with Gasteiger partial charge in [-0.15, -0.1) is 0 Å². The maximum absolute atomic E-state index is 8.60. The third-order valence-electron chi connectivity index (χ3n) is 0. The lowest BCUT2D eigenvalue weighted by Gasteiger charge is -2.03. The van der Waals surface area contributed by atoms with Crippen LogP contribution in [0.3, 0.4) is 0 Å². The van der Waals surface area contributed by atoms with E-state index in [2.05, 4.69) is 23.4 Å². The summed E-state index contributed by atoms with van der Waals surface area (Å²) in [7, 11) is -9.39. The summed E-state index contributed by atoms with van der Waals surface area (Å²) >= 11 is 0. The molecule has 0 rings (SSSR count). The van der Waals surface area contributed by atoms with Crippen LogP contribution in [0.1, 0.15) is 0 Å². The van der Waals surface area contributed by atoms with E-state index in [9.17, 15) is 0 Å². The lowest BCUT2D eigenvalue weighted by Crippen LogP contribution is -2.58. The zero-order chi connectivity index (χ0) is 13.0. The van der Waals surface area contributed by atoms with Crippen LogP contribution in [0, 0.1) is 20.5 Å². The van der Waals surface area contributed by atoms with Crippen molar-refractivity contribution in [3.63, 3.8) is 0 Å². The van der Waals surface area contributed by atoms with Gasteiger partial charge in [0.25, 0.3) is 0 Å². The molecular formula is H12Cl2N4O9. The monoisotopic (exact) mass is 282 g/mol. The van der Waals surface area contributed by atoms with Gasteiger partial charge in [-0.25, -0.2) is 0 Å². The Bertz CT molecular complexity index is 63.1. The first kappa shape index (κ1) is 29.4. The average Bonchev–Trinajstić information content (AvgIpc) is 1.88. The number of rotatable bonds is 0. The molecule has 0 bridgehead atoms. The Balaban J connectivity index is -0.0000000318. The van der Waals surface area contributed by atoms with Gasteiger partial charge < -0.3 is 5.48 Å². The second kappa shape index (κ2) is 16.5. The molecule has 0 aliphatic heterocycles. The summed E-state index contributed by atoms with van der Waals surface area (Å²) in [6.45, 7) is 0. The summed E-state index contributed by atoms with van der Waals surface area (Å²) in [4.78, 5) is 0. The molecule has 0 aromatic carbocycles. The van der Waals surface area contributed by atoms with Crippen LogP contribution in [0.4, 0.5) is 0 Å². The molecule has 0 fully saturated rings. The lowest BCUT2D eigenvalue weighted by molar-refractivity contribution is -1.92. The van der Waals surface area contributed by atoms with Crippen molar-refractivity contribution in [3.8, 4) is 0 Å². The third-order valence-corrected chi connectivity index (χ3v) is 0. The van der Waals surface area contributed by atoms with Crippen molar-refractivity contribution in [2.45, 2.75) is 0 Å². The smallest absolute Gasteiger partial charge is 0.0777 e. The maximum atomic E-state index is 8.60. The van der Waals surface area contributed by atoms with Gasteiger partial charge in [0.15, 0.2) is 0 Å². The highest BCUT2D eigenvalue weighted by molar-refractivity contribution is 3.26. The third kappa shape index (κ3) is 568000. The quantitative estimate of drug-likeness (QED) is 0.178. The molecule has 0 aromatic rings. The molecule has 0 atom stereocenters. The Kier molecular flexibility index (Phi) is 32.3. The Morgan fingerprint density at radius 2 is 0.600 bits per heavy atom. The summed E-state index contributed by atoms with van der Waals surface area (Å²) in [5.74, 6) is 16.0. The minimum atomic E-state index is -4.69.